The lowest BCUT2D eigenvalue weighted by Crippen LogP contribution is -2.18. The molecule has 0 unspecified atom stereocenters. The van der Waals surface area contributed by atoms with Crippen molar-refractivity contribution in [1.29, 1.82) is 0 Å². The van der Waals surface area contributed by atoms with Gasteiger partial charge in [0.1, 0.15) is 5.75 Å². The molecular formula is C22H25N3O3. The number of anilines is 1. The van der Waals surface area contributed by atoms with Crippen molar-refractivity contribution in [3.63, 3.8) is 0 Å². The van der Waals surface area contributed by atoms with Crippen molar-refractivity contribution in [3.05, 3.63) is 60.0 Å². The third-order valence-corrected chi connectivity index (χ3v) is 4.39. The molecule has 0 atom stereocenters. The van der Waals surface area contributed by atoms with E-state index in [2.05, 4.69) is 36.2 Å². The van der Waals surface area contributed by atoms with Crippen LogP contribution in [-0.4, -0.2) is 23.2 Å². The van der Waals surface area contributed by atoms with E-state index in [1.165, 1.54) is 0 Å². The maximum atomic E-state index is 12.4. The Morgan fingerprint density at radius 3 is 2.50 bits per heavy atom. The second-order valence-corrected chi connectivity index (χ2v) is 7.58. The average Bonchev–Trinajstić information content (AvgIpc) is 3.15. The van der Waals surface area contributed by atoms with Crippen LogP contribution in [0, 0.1) is 0 Å². The number of hydrogen-bond acceptors (Lipinski definition) is 5. The standard InChI is InChI=1S/C22H25N3O3/c1-22(2,3)17-7-5-6-8-18(17)23-19(26)13-14-20-24-21(25-28-20)15-9-11-16(27-4)12-10-15/h5-12H,13-14H2,1-4H3,(H,23,26). The second-order valence-electron chi connectivity index (χ2n) is 7.58. The Bertz CT molecular complexity index is 940. The van der Waals surface area contributed by atoms with E-state index in [9.17, 15) is 4.79 Å². The number of benzene rings is 2. The number of aromatic nitrogens is 2. The van der Waals surface area contributed by atoms with Crippen molar-refractivity contribution in [1.82, 2.24) is 10.1 Å². The van der Waals surface area contributed by atoms with Crippen LogP contribution in [0.2, 0.25) is 0 Å². The number of carbonyl (C=O) groups excluding carboxylic acids is 1. The monoisotopic (exact) mass is 379 g/mol. The molecule has 0 spiro atoms. The summed E-state index contributed by atoms with van der Waals surface area (Å²) < 4.78 is 10.4. The highest BCUT2D eigenvalue weighted by atomic mass is 16.5. The lowest BCUT2D eigenvalue weighted by molar-refractivity contribution is -0.116. The highest BCUT2D eigenvalue weighted by Crippen LogP contribution is 2.29. The van der Waals surface area contributed by atoms with Gasteiger partial charge in [0.2, 0.25) is 17.6 Å². The topological polar surface area (TPSA) is 77.2 Å². The molecule has 6 nitrogen and oxygen atoms in total. The van der Waals surface area contributed by atoms with Crippen LogP contribution in [0.1, 0.15) is 38.6 Å². The largest absolute Gasteiger partial charge is 0.497 e. The van der Waals surface area contributed by atoms with E-state index in [1.807, 2.05) is 48.5 Å². The minimum atomic E-state index is -0.0825. The van der Waals surface area contributed by atoms with Gasteiger partial charge in [0, 0.05) is 24.1 Å². The maximum absolute atomic E-state index is 12.4. The number of aryl methyl sites for hydroxylation is 1. The molecule has 1 amide bonds. The maximum Gasteiger partial charge on any atom is 0.227 e. The van der Waals surface area contributed by atoms with Gasteiger partial charge < -0.3 is 14.6 Å². The first-order valence-corrected chi connectivity index (χ1v) is 9.23. The number of rotatable bonds is 6. The van der Waals surface area contributed by atoms with Crippen molar-refractivity contribution in [2.45, 2.75) is 39.0 Å². The van der Waals surface area contributed by atoms with E-state index >= 15 is 0 Å². The van der Waals surface area contributed by atoms with Crippen molar-refractivity contribution in [2.24, 2.45) is 0 Å². The Balaban J connectivity index is 1.61. The number of amides is 1. The zero-order chi connectivity index (χ0) is 20.1. The summed E-state index contributed by atoms with van der Waals surface area (Å²) in [5, 5.41) is 6.99. The summed E-state index contributed by atoms with van der Waals surface area (Å²) in [6.07, 6.45) is 0.648. The molecule has 1 aromatic heterocycles. The fourth-order valence-corrected chi connectivity index (χ4v) is 2.89. The lowest BCUT2D eigenvalue weighted by atomic mass is 9.86. The molecule has 0 aliphatic carbocycles. The molecule has 28 heavy (non-hydrogen) atoms. The molecule has 0 saturated heterocycles. The fraction of sp³-hybridized carbons (Fsp3) is 0.318. The molecule has 1 heterocycles. The third kappa shape index (κ3) is 4.76. The average molecular weight is 379 g/mol. The fourth-order valence-electron chi connectivity index (χ4n) is 2.89. The molecule has 1 N–H and O–H groups in total. The van der Waals surface area contributed by atoms with Crippen LogP contribution in [0.4, 0.5) is 5.69 Å². The Kier molecular flexibility index (Phi) is 5.78. The number of ether oxygens (including phenoxy) is 1. The van der Waals surface area contributed by atoms with Gasteiger partial charge in [-0.1, -0.05) is 44.1 Å². The summed E-state index contributed by atoms with van der Waals surface area (Å²) in [7, 11) is 1.62. The smallest absolute Gasteiger partial charge is 0.227 e. The van der Waals surface area contributed by atoms with Crippen LogP contribution in [0.25, 0.3) is 11.4 Å². The summed E-state index contributed by atoms with van der Waals surface area (Å²) in [6.45, 7) is 6.37. The summed E-state index contributed by atoms with van der Waals surface area (Å²) in [5.41, 5.74) is 2.72. The van der Waals surface area contributed by atoms with E-state index in [-0.39, 0.29) is 17.7 Å². The summed E-state index contributed by atoms with van der Waals surface area (Å²) in [4.78, 5) is 16.8. The number of methoxy groups -OCH3 is 1. The predicted molar refractivity (Wildman–Crippen MR) is 108 cm³/mol. The first-order valence-electron chi connectivity index (χ1n) is 9.23. The van der Waals surface area contributed by atoms with E-state index in [0.717, 1.165) is 22.6 Å². The van der Waals surface area contributed by atoms with Gasteiger partial charge in [-0.3, -0.25) is 4.79 Å². The highest BCUT2D eigenvalue weighted by molar-refractivity contribution is 5.91. The van der Waals surface area contributed by atoms with Crippen molar-refractivity contribution in [2.75, 3.05) is 12.4 Å². The molecule has 0 aliphatic rings. The normalized spacial score (nSPS) is 11.3. The minimum absolute atomic E-state index is 0.0520. The van der Waals surface area contributed by atoms with Gasteiger partial charge in [0.05, 0.1) is 7.11 Å². The third-order valence-electron chi connectivity index (χ3n) is 4.39. The molecule has 0 fully saturated rings. The van der Waals surface area contributed by atoms with E-state index in [1.54, 1.807) is 7.11 Å². The van der Waals surface area contributed by atoms with E-state index in [0.29, 0.717) is 18.1 Å². The molecule has 3 aromatic rings. The van der Waals surface area contributed by atoms with Gasteiger partial charge >= 0.3 is 0 Å². The van der Waals surface area contributed by atoms with Crippen molar-refractivity contribution in [3.8, 4) is 17.1 Å². The summed E-state index contributed by atoms with van der Waals surface area (Å²) in [6, 6.07) is 15.3. The highest BCUT2D eigenvalue weighted by Gasteiger charge is 2.19. The van der Waals surface area contributed by atoms with Gasteiger partial charge in [0.25, 0.3) is 0 Å². The zero-order valence-corrected chi connectivity index (χ0v) is 16.7. The molecule has 6 heteroatoms. The van der Waals surface area contributed by atoms with E-state index < -0.39 is 0 Å². The summed E-state index contributed by atoms with van der Waals surface area (Å²) in [5.74, 6) is 1.61. The second kappa shape index (κ2) is 8.25. The van der Waals surface area contributed by atoms with Crippen LogP contribution < -0.4 is 10.1 Å². The number of nitrogens with zero attached hydrogens (tertiary/aromatic N) is 2. The quantitative estimate of drug-likeness (QED) is 0.676. The summed E-state index contributed by atoms with van der Waals surface area (Å²) >= 11 is 0. The van der Waals surface area contributed by atoms with Crippen molar-refractivity contribution >= 4 is 11.6 Å². The Labute approximate surface area is 164 Å². The molecule has 0 radical (unpaired) electrons. The number of nitrogens with one attached hydrogen (secondary N) is 1. The van der Waals surface area contributed by atoms with Crippen LogP contribution in [0.5, 0.6) is 5.75 Å². The Morgan fingerprint density at radius 1 is 1.11 bits per heavy atom. The number of carbonyl (C=O) groups is 1. The van der Waals surface area contributed by atoms with Crippen LogP contribution >= 0.6 is 0 Å². The van der Waals surface area contributed by atoms with Gasteiger partial charge in [-0.15, -0.1) is 0 Å². The van der Waals surface area contributed by atoms with Gasteiger partial charge in [0.15, 0.2) is 0 Å². The predicted octanol–water partition coefficient (Wildman–Crippen LogP) is 4.61. The molecule has 0 aliphatic heterocycles. The Hall–Kier alpha value is -3.15. The minimum Gasteiger partial charge on any atom is -0.497 e. The number of hydrogen-bond donors (Lipinski definition) is 1. The van der Waals surface area contributed by atoms with Gasteiger partial charge in [-0.2, -0.15) is 4.98 Å². The van der Waals surface area contributed by atoms with E-state index in [4.69, 9.17) is 9.26 Å². The first kappa shape index (κ1) is 19.6. The molecular weight excluding hydrogens is 354 g/mol. The Morgan fingerprint density at radius 2 is 1.82 bits per heavy atom. The van der Waals surface area contributed by atoms with Gasteiger partial charge in [-0.25, -0.2) is 0 Å². The van der Waals surface area contributed by atoms with Gasteiger partial charge in [-0.05, 0) is 41.3 Å². The van der Waals surface area contributed by atoms with Crippen LogP contribution in [-0.2, 0) is 16.6 Å². The van der Waals surface area contributed by atoms with Crippen molar-refractivity contribution < 1.29 is 14.1 Å². The first-order chi connectivity index (χ1) is 13.4. The van der Waals surface area contributed by atoms with Crippen LogP contribution in [0.15, 0.2) is 53.1 Å². The SMILES string of the molecule is COc1ccc(-c2noc(CCC(=O)Nc3ccccc3C(C)(C)C)n2)cc1. The molecule has 3 rings (SSSR count). The molecule has 0 bridgehead atoms. The molecule has 146 valence electrons. The number of para-hydroxylation sites is 1. The molecule has 2 aromatic carbocycles. The zero-order valence-electron chi connectivity index (χ0n) is 16.7. The molecule has 0 saturated carbocycles. The lowest BCUT2D eigenvalue weighted by Gasteiger charge is -2.22. The van der Waals surface area contributed by atoms with Crippen LogP contribution in [0.3, 0.4) is 0 Å².